The van der Waals surface area contributed by atoms with E-state index in [1.165, 1.54) is 17.8 Å². The Morgan fingerprint density at radius 3 is 2.96 bits per heavy atom. The second-order valence-corrected chi connectivity index (χ2v) is 7.53. The molecule has 9 heteroatoms. The number of amides is 3. The first kappa shape index (κ1) is 19.4. The standard InChI is InChI=1S/C18H19ClN4O3S/c1-3-7-23-16(24)14(11(2)20-17(23)25)9-15-21-22-18(26-15)27-10-12-5-4-6-13(19)8-12/h3-6,8,11,14H,1,7,9-10H2,2H3,(H,20,25). The number of benzene rings is 1. The van der Waals surface area contributed by atoms with Crippen LogP contribution < -0.4 is 5.32 Å². The van der Waals surface area contributed by atoms with Crippen LogP contribution in [0, 0.1) is 5.92 Å². The molecule has 1 aliphatic rings. The summed E-state index contributed by atoms with van der Waals surface area (Å²) in [6.07, 6.45) is 1.78. The van der Waals surface area contributed by atoms with Gasteiger partial charge < -0.3 is 9.73 Å². The molecule has 27 heavy (non-hydrogen) atoms. The fourth-order valence-corrected chi connectivity index (χ4v) is 3.73. The fourth-order valence-electron chi connectivity index (χ4n) is 2.79. The predicted octanol–water partition coefficient (Wildman–Crippen LogP) is 3.30. The summed E-state index contributed by atoms with van der Waals surface area (Å²) in [6, 6.07) is 6.82. The molecule has 0 saturated carbocycles. The third-order valence-corrected chi connectivity index (χ3v) is 5.31. The molecule has 7 nitrogen and oxygen atoms in total. The normalized spacial score (nSPS) is 19.9. The van der Waals surface area contributed by atoms with Crippen molar-refractivity contribution in [2.45, 2.75) is 30.4 Å². The van der Waals surface area contributed by atoms with E-state index in [2.05, 4.69) is 22.1 Å². The number of halogens is 1. The minimum atomic E-state index is -0.464. The Labute approximate surface area is 166 Å². The zero-order valence-electron chi connectivity index (χ0n) is 14.7. The maximum Gasteiger partial charge on any atom is 0.324 e. The van der Waals surface area contributed by atoms with Gasteiger partial charge in [-0.05, 0) is 24.6 Å². The molecule has 1 fully saturated rings. The van der Waals surface area contributed by atoms with Gasteiger partial charge in [0.25, 0.3) is 5.22 Å². The number of imide groups is 1. The predicted molar refractivity (Wildman–Crippen MR) is 102 cm³/mol. The van der Waals surface area contributed by atoms with E-state index in [1.54, 1.807) is 6.92 Å². The Hall–Kier alpha value is -2.32. The molecular weight excluding hydrogens is 388 g/mol. The van der Waals surface area contributed by atoms with E-state index in [0.717, 1.165) is 10.5 Å². The second-order valence-electron chi connectivity index (χ2n) is 6.17. The Kier molecular flexibility index (Phi) is 6.18. The summed E-state index contributed by atoms with van der Waals surface area (Å²) < 4.78 is 5.66. The summed E-state index contributed by atoms with van der Waals surface area (Å²) >= 11 is 7.38. The van der Waals surface area contributed by atoms with E-state index in [4.69, 9.17) is 16.0 Å². The van der Waals surface area contributed by atoms with Gasteiger partial charge in [0.15, 0.2) is 0 Å². The maximum absolute atomic E-state index is 12.6. The monoisotopic (exact) mass is 406 g/mol. The summed E-state index contributed by atoms with van der Waals surface area (Å²) in [4.78, 5) is 25.7. The van der Waals surface area contributed by atoms with Crippen LogP contribution in [0.5, 0.6) is 0 Å². The van der Waals surface area contributed by atoms with E-state index in [0.29, 0.717) is 21.9 Å². The highest BCUT2D eigenvalue weighted by Gasteiger charge is 2.39. The van der Waals surface area contributed by atoms with E-state index in [1.807, 2.05) is 24.3 Å². The average Bonchev–Trinajstić information content (AvgIpc) is 3.08. The van der Waals surface area contributed by atoms with Gasteiger partial charge in [-0.3, -0.25) is 9.69 Å². The quantitative estimate of drug-likeness (QED) is 0.560. The highest BCUT2D eigenvalue weighted by atomic mass is 35.5. The molecule has 142 valence electrons. The molecule has 2 heterocycles. The van der Waals surface area contributed by atoms with Gasteiger partial charge in [0.05, 0.1) is 5.92 Å². The zero-order chi connectivity index (χ0) is 19.4. The fraction of sp³-hybridized carbons (Fsp3) is 0.333. The first-order valence-electron chi connectivity index (χ1n) is 8.40. The molecule has 2 unspecified atom stereocenters. The molecule has 0 aliphatic carbocycles. The van der Waals surface area contributed by atoms with Gasteiger partial charge >= 0.3 is 6.03 Å². The number of nitrogens with one attached hydrogen (secondary N) is 1. The number of carbonyl (C=O) groups is 2. The molecule has 1 saturated heterocycles. The summed E-state index contributed by atoms with van der Waals surface area (Å²) in [5, 5.41) is 11.9. The Balaban J connectivity index is 1.63. The van der Waals surface area contributed by atoms with Crippen LogP contribution in [0.3, 0.4) is 0 Å². The molecule has 0 radical (unpaired) electrons. The van der Waals surface area contributed by atoms with Crippen molar-refractivity contribution < 1.29 is 14.0 Å². The number of rotatable bonds is 7. The first-order valence-corrected chi connectivity index (χ1v) is 9.76. The molecule has 0 spiro atoms. The van der Waals surface area contributed by atoms with Crippen molar-refractivity contribution in [3.63, 3.8) is 0 Å². The molecule has 1 aliphatic heterocycles. The van der Waals surface area contributed by atoms with E-state index >= 15 is 0 Å². The Morgan fingerprint density at radius 2 is 2.22 bits per heavy atom. The van der Waals surface area contributed by atoms with Crippen LogP contribution >= 0.6 is 23.4 Å². The molecule has 3 amide bonds. The molecule has 2 aromatic rings. The summed E-state index contributed by atoms with van der Waals surface area (Å²) in [7, 11) is 0. The molecule has 0 bridgehead atoms. The van der Waals surface area contributed by atoms with Crippen LogP contribution in [-0.2, 0) is 17.0 Å². The highest BCUT2D eigenvalue weighted by Crippen LogP contribution is 2.25. The lowest BCUT2D eigenvalue weighted by molar-refractivity contribution is -0.134. The van der Waals surface area contributed by atoms with Crippen molar-refractivity contribution in [2.24, 2.45) is 5.92 Å². The van der Waals surface area contributed by atoms with Crippen molar-refractivity contribution in [3.8, 4) is 0 Å². The molecule has 1 aromatic heterocycles. The summed E-state index contributed by atoms with van der Waals surface area (Å²) in [5.41, 5.74) is 1.05. The van der Waals surface area contributed by atoms with E-state index < -0.39 is 11.9 Å². The lowest BCUT2D eigenvalue weighted by atomic mass is 9.93. The average molecular weight is 407 g/mol. The number of urea groups is 1. The third-order valence-electron chi connectivity index (χ3n) is 4.19. The van der Waals surface area contributed by atoms with Crippen molar-refractivity contribution in [2.75, 3.05) is 6.54 Å². The number of hydrogen-bond acceptors (Lipinski definition) is 6. The number of nitrogens with zero attached hydrogens (tertiary/aromatic N) is 3. The van der Waals surface area contributed by atoms with E-state index in [9.17, 15) is 9.59 Å². The molecule has 1 N–H and O–H groups in total. The van der Waals surface area contributed by atoms with Gasteiger partial charge in [0, 0.05) is 29.8 Å². The van der Waals surface area contributed by atoms with Gasteiger partial charge in [0.1, 0.15) is 0 Å². The minimum absolute atomic E-state index is 0.165. The summed E-state index contributed by atoms with van der Waals surface area (Å²) in [6.45, 7) is 5.53. The Bertz CT molecular complexity index is 857. The maximum atomic E-state index is 12.6. The Morgan fingerprint density at radius 1 is 1.41 bits per heavy atom. The third kappa shape index (κ3) is 4.70. The lowest BCUT2D eigenvalue weighted by Crippen LogP contribution is -2.59. The lowest BCUT2D eigenvalue weighted by Gasteiger charge is -2.34. The van der Waals surface area contributed by atoms with Crippen LogP contribution in [0.2, 0.25) is 5.02 Å². The van der Waals surface area contributed by atoms with Crippen molar-refractivity contribution in [3.05, 3.63) is 53.4 Å². The van der Waals surface area contributed by atoms with E-state index in [-0.39, 0.29) is 24.9 Å². The van der Waals surface area contributed by atoms with Gasteiger partial charge in [-0.15, -0.1) is 16.8 Å². The molecule has 3 rings (SSSR count). The van der Waals surface area contributed by atoms with Crippen LogP contribution in [0.15, 0.2) is 46.6 Å². The topological polar surface area (TPSA) is 88.3 Å². The van der Waals surface area contributed by atoms with Gasteiger partial charge in [-0.2, -0.15) is 0 Å². The smallest absolute Gasteiger partial charge is 0.324 e. The molecule has 2 atom stereocenters. The summed E-state index contributed by atoms with van der Waals surface area (Å²) in [5.74, 6) is 0.277. The zero-order valence-corrected chi connectivity index (χ0v) is 16.3. The van der Waals surface area contributed by atoms with Crippen molar-refractivity contribution >= 4 is 35.3 Å². The van der Waals surface area contributed by atoms with Gasteiger partial charge in [-0.25, -0.2) is 4.79 Å². The first-order chi connectivity index (χ1) is 13.0. The number of thioether (sulfide) groups is 1. The van der Waals surface area contributed by atoms with Gasteiger partial charge in [0.2, 0.25) is 11.8 Å². The van der Waals surface area contributed by atoms with Crippen LogP contribution in [0.4, 0.5) is 4.79 Å². The van der Waals surface area contributed by atoms with Crippen molar-refractivity contribution in [1.82, 2.24) is 20.4 Å². The minimum Gasteiger partial charge on any atom is -0.416 e. The molecular formula is C18H19ClN4O3S. The van der Waals surface area contributed by atoms with Crippen LogP contribution in [-0.4, -0.2) is 39.6 Å². The van der Waals surface area contributed by atoms with Crippen LogP contribution in [0.1, 0.15) is 18.4 Å². The number of carbonyl (C=O) groups excluding carboxylic acids is 2. The second kappa shape index (κ2) is 8.58. The largest absolute Gasteiger partial charge is 0.416 e. The highest BCUT2D eigenvalue weighted by molar-refractivity contribution is 7.98. The van der Waals surface area contributed by atoms with Crippen molar-refractivity contribution in [1.29, 1.82) is 0 Å². The SMILES string of the molecule is C=CCN1C(=O)NC(C)C(Cc2nnc(SCc3cccc(Cl)c3)o2)C1=O. The molecule has 1 aromatic carbocycles. The van der Waals surface area contributed by atoms with Crippen LogP contribution in [0.25, 0.3) is 0 Å². The number of aromatic nitrogens is 2. The number of hydrogen-bond donors (Lipinski definition) is 1. The van der Waals surface area contributed by atoms with Gasteiger partial charge in [-0.1, -0.05) is 41.6 Å².